The van der Waals surface area contributed by atoms with Gasteiger partial charge in [0.05, 0.1) is 16.1 Å². The average Bonchev–Trinajstić information content (AvgIpc) is 2.12. The molecular formula is C11H12Cl2O. The van der Waals surface area contributed by atoms with Crippen LogP contribution in [0.1, 0.15) is 19.4 Å². The zero-order valence-corrected chi connectivity index (χ0v) is 9.60. The van der Waals surface area contributed by atoms with Crippen LogP contribution in [-0.4, -0.2) is 11.2 Å². The van der Waals surface area contributed by atoms with Crippen molar-refractivity contribution in [3.63, 3.8) is 0 Å². The zero-order valence-electron chi connectivity index (χ0n) is 8.09. The Bertz CT molecular complexity index is 356. The zero-order chi connectivity index (χ0) is 10.7. The normalized spacial score (nSPS) is 14.2. The van der Waals surface area contributed by atoms with Crippen LogP contribution in [0.4, 0.5) is 0 Å². The topological polar surface area (TPSA) is 20.2 Å². The Hall–Kier alpha value is -0.500. The van der Waals surface area contributed by atoms with Crippen LogP contribution in [0.5, 0.6) is 0 Å². The quantitative estimate of drug-likeness (QED) is 0.821. The molecule has 0 heterocycles. The van der Waals surface area contributed by atoms with Crippen molar-refractivity contribution in [2.75, 3.05) is 0 Å². The summed E-state index contributed by atoms with van der Waals surface area (Å²) in [5.74, 6) is 0. The third-order valence-corrected chi connectivity index (χ3v) is 2.86. The SMILES string of the molecule is C/C(=C\c1cccc(Cl)c1Cl)C(C)O. The maximum Gasteiger partial charge on any atom is 0.0722 e. The van der Waals surface area contributed by atoms with Crippen LogP contribution in [0, 0.1) is 0 Å². The highest BCUT2D eigenvalue weighted by Gasteiger charge is 2.03. The standard InChI is InChI=1S/C11H12Cl2O/c1-7(8(2)14)6-9-4-3-5-10(12)11(9)13/h3-6,8,14H,1-2H3/b7-6+. The van der Waals surface area contributed by atoms with Gasteiger partial charge in [-0.1, -0.05) is 41.4 Å². The fourth-order valence-electron chi connectivity index (χ4n) is 0.998. The monoisotopic (exact) mass is 230 g/mol. The Kier molecular flexibility index (Phi) is 3.99. The summed E-state index contributed by atoms with van der Waals surface area (Å²) in [5, 5.41) is 10.3. The Balaban J connectivity index is 3.09. The van der Waals surface area contributed by atoms with Crippen molar-refractivity contribution in [2.24, 2.45) is 0 Å². The van der Waals surface area contributed by atoms with Gasteiger partial charge in [0.2, 0.25) is 0 Å². The molecular weight excluding hydrogens is 219 g/mol. The molecule has 1 atom stereocenters. The molecule has 1 N–H and O–H groups in total. The van der Waals surface area contributed by atoms with Crippen LogP contribution >= 0.6 is 23.2 Å². The average molecular weight is 231 g/mol. The molecule has 0 amide bonds. The third-order valence-electron chi connectivity index (χ3n) is 2.02. The number of rotatable bonds is 2. The molecule has 76 valence electrons. The number of halogens is 2. The molecule has 0 radical (unpaired) electrons. The molecule has 1 nitrogen and oxygen atoms in total. The first-order chi connectivity index (χ1) is 6.52. The summed E-state index contributed by atoms with van der Waals surface area (Å²) in [6, 6.07) is 5.42. The molecule has 1 aromatic rings. The minimum Gasteiger partial charge on any atom is -0.389 e. The van der Waals surface area contributed by atoms with E-state index in [0.717, 1.165) is 11.1 Å². The molecule has 0 saturated heterocycles. The van der Waals surface area contributed by atoms with Crippen LogP contribution < -0.4 is 0 Å². The maximum absolute atomic E-state index is 9.30. The van der Waals surface area contributed by atoms with Gasteiger partial charge in [-0.25, -0.2) is 0 Å². The van der Waals surface area contributed by atoms with Gasteiger partial charge < -0.3 is 5.11 Å². The van der Waals surface area contributed by atoms with Crippen LogP contribution in [0.15, 0.2) is 23.8 Å². The van der Waals surface area contributed by atoms with E-state index in [-0.39, 0.29) is 0 Å². The van der Waals surface area contributed by atoms with Crippen LogP contribution in [0.25, 0.3) is 6.08 Å². The van der Waals surface area contributed by atoms with E-state index in [9.17, 15) is 5.11 Å². The van der Waals surface area contributed by atoms with Crippen molar-refractivity contribution in [3.8, 4) is 0 Å². The lowest BCUT2D eigenvalue weighted by molar-refractivity contribution is 0.232. The second-order valence-corrected chi connectivity index (χ2v) is 3.99. The maximum atomic E-state index is 9.30. The summed E-state index contributed by atoms with van der Waals surface area (Å²) in [6.07, 6.45) is 1.36. The molecule has 0 fully saturated rings. The molecule has 0 aliphatic carbocycles. The predicted octanol–water partition coefficient (Wildman–Crippen LogP) is 3.78. The summed E-state index contributed by atoms with van der Waals surface area (Å²) < 4.78 is 0. The number of benzene rings is 1. The molecule has 0 aliphatic heterocycles. The van der Waals surface area contributed by atoms with Crippen molar-refractivity contribution in [1.82, 2.24) is 0 Å². The highest BCUT2D eigenvalue weighted by atomic mass is 35.5. The predicted molar refractivity (Wildman–Crippen MR) is 61.8 cm³/mol. The van der Waals surface area contributed by atoms with Gasteiger partial charge in [0.1, 0.15) is 0 Å². The molecule has 0 aliphatic rings. The molecule has 0 aromatic heterocycles. The van der Waals surface area contributed by atoms with Gasteiger partial charge in [-0.3, -0.25) is 0 Å². The molecule has 1 rings (SSSR count). The lowest BCUT2D eigenvalue weighted by Gasteiger charge is -2.06. The van der Waals surface area contributed by atoms with Gasteiger partial charge in [-0.15, -0.1) is 0 Å². The second kappa shape index (κ2) is 4.83. The Labute approximate surface area is 94.0 Å². The van der Waals surface area contributed by atoms with E-state index >= 15 is 0 Å². The van der Waals surface area contributed by atoms with Gasteiger partial charge in [-0.2, -0.15) is 0 Å². The molecule has 0 saturated carbocycles. The van der Waals surface area contributed by atoms with Crippen molar-refractivity contribution < 1.29 is 5.11 Å². The first kappa shape index (κ1) is 11.6. The van der Waals surface area contributed by atoms with Gasteiger partial charge in [0.25, 0.3) is 0 Å². The van der Waals surface area contributed by atoms with Gasteiger partial charge in [0.15, 0.2) is 0 Å². The largest absolute Gasteiger partial charge is 0.389 e. The molecule has 1 aromatic carbocycles. The van der Waals surface area contributed by atoms with Gasteiger partial charge in [0, 0.05) is 0 Å². The van der Waals surface area contributed by atoms with Crippen LogP contribution in [-0.2, 0) is 0 Å². The fourth-order valence-corrected chi connectivity index (χ4v) is 1.36. The Morgan fingerprint density at radius 3 is 2.64 bits per heavy atom. The summed E-state index contributed by atoms with van der Waals surface area (Å²) in [6.45, 7) is 3.56. The highest BCUT2D eigenvalue weighted by molar-refractivity contribution is 6.42. The lowest BCUT2D eigenvalue weighted by Crippen LogP contribution is -2.00. The van der Waals surface area contributed by atoms with Crippen molar-refractivity contribution in [2.45, 2.75) is 20.0 Å². The first-order valence-corrected chi connectivity index (χ1v) is 5.08. The number of aliphatic hydroxyl groups excluding tert-OH is 1. The third kappa shape index (κ3) is 2.74. The fraction of sp³-hybridized carbons (Fsp3) is 0.273. The van der Waals surface area contributed by atoms with Crippen molar-refractivity contribution in [3.05, 3.63) is 39.4 Å². The van der Waals surface area contributed by atoms with E-state index < -0.39 is 6.10 Å². The summed E-state index contributed by atoms with van der Waals surface area (Å²) in [7, 11) is 0. The Morgan fingerprint density at radius 2 is 2.07 bits per heavy atom. The van der Waals surface area contributed by atoms with Gasteiger partial charge >= 0.3 is 0 Å². The number of aliphatic hydroxyl groups is 1. The summed E-state index contributed by atoms with van der Waals surface area (Å²) >= 11 is 11.8. The molecule has 3 heteroatoms. The molecule has 0 bridgehead atoms. The van der Waals surface area contributed by atoms with Crippen LogP contribution in [0.3, 0.4) is 0 Å². The minimum absolute atomic E-state index is 0.468. The van der Waals surface area contributed by atoms with E-state index in [1.165, 1.54) is 0 Å². The number of hydrogen-bond donors (Lipinski definition) is 1. The summed E-state index contributed by atoms with van der Waals surface area (Å²) in [5.41, 5.74) is 1.69. The van der Waals surface area contributed by atoms with E-state index in [4.69, 9.17) is 23.2 Å². The molecule has 0 spiro atoms. The van der Waals surface area contributed by atoms with E-state index in [1.54, 1.807) is 13.0 Å². The Morgan fingerprint density at radius 1 is 1.43 bits per heavy atom. The summed E-state index contributed by atoms with van der Waals surface area (Å²) in [4.78, 5) is 0. The lowest BCUT2D eigenvalue weighted by atomic mass is 10.1. The van der Waals surface area contributed by atoms with Crippen molar-refractivity contribution >= 4 is 29.3 Å². The van der Waals surface area contributed by atoms with E-state index in [2.05, 4.69) is 0 Å². The van der Waals surface area contributed by atoms with Gasteiger partial charge in [-0.05, 0) is 31.1 Å². The van der Waals surface area contributed by atoms with E-state index in [0.29, 0.717) is 10.0 Å². The van der Waals surface area contributed by atoms with E-state index in [1.807, 2.05) is 25.1 Å². The number of hydrogen-bond acceptors (Lipinski definition) is 1. The minimum atomic E-state index is -0.468. The van der Waals surface area contributed by atoms with Crippen LogP contribution in [0.2, 0.25) is 10.0 Å². The highest BCUT2D eigenvalue weighted by Crippen LogP contribution is 2.27. The molecule has 1 unspecified atom stereocenters. The van der Waals surface area contributed by atoms with Crippen molar-refractivity contribution in [1.29, 1.82) is 0 Å². The second-order valence-electron chi connectivity index (χ2n) is 3.21. The first-order valence-electron chi connectivity index (χ1n) is 4.32. The smallest absolute Gasteiger partial charge is 0.0722 e. The molecule has 14 heavy (non-hydrogen) atoms.